The predicted molar refractivity (Wildman–Crippen MR) is 84.1 cm³/mol. The Morgan fingerprint density at radius 3 is 2.71 bits per heavy atom. The summed E-state index contributed by atoms with van der Waals surface area (Å²) in [5.41, 5.74) is 3.37. The zero-order chi connectivity index (χ0) is 14.9. The summed E-state index contributed by atoms with van der Waals surface area (Å²) in [4.78, 5) is 14.6. The van der Waals surface area contributed by atoms with Crippen molar-refractivity contribution in [2.45, 2.75) is 31.6 Å². The summed E-state index contributed by atoms with van der Waals surface area (Å²) in [6.45, 7) is 4.52. The van der Waals surface area contributed by atoms with Crippen LogP contribution in [0, 0.1) is 0 Å². The van der Waals surface area contributed by atoms with Gasteiger partial charge in [0.25, 0.3) is 0 Å². The third kappa shape index (κ3) is 2.51. The summed E-state index contributed by atoms with van der Waals surface area (Å²) >= 11 is 0. The molecule has 1 fully saturated rings. The number of esters is 1. The normalized spacial score (nSPS) is 20.8. The first-order valence-corrected chi connectivity index (χ1v) is 7.82. The first-order valence-electron chi connectivity index (χ1n) is 7.82. The summed E-state index contributed by atoms with van der Waals surface area (Å²) < 4.78 is 5.22. The molecule has 2 aliphatic rings. The van der Waals surface area contributed by atoms with E-state index in [1.165, 1.54) is 5.56 Å². The Labute approximate surface area is 126 Å². The maximum atomic E-state index is 12.2. The second-order valence-electron chi connectivity index (χ2n) is 6.17. The van der Waals surface area contributed by atoms with E-state index in [4.69, 9.17) is 4.74 Å². The van der Waals surface area contributed by atoms with Crippen LogP contribution in [0.2, 0.25) is 0 Å². The number of hydrogen-bond acceptors (Lipinski definition) is 3. The second kappa shape index (κ2) is 5.64. The molecule has 112 valence electrons. The number of ether oxygens (including phenoxy) is 1. The maximum absolute atomic E-state index is 12.2. The minimum Gasteiger partial charge on any atom is -0.462 e. The van der Waals surface area contributed by atoms with Gasteiger partial charge >= 0.3 is 5.97 Å². The fraction of sp³-hybridized carbons (Fsp3) is 0.500. The molecule has 3 nitrogen and oxygen atoms in total. The highest BCUT2D eigenvalue weighted by Gasteiger charge is 2.39. The minimum atomic E-state index is -0.187. The lowest BCUT2D eigenvalue weighted by Gasteiger charge is -2.43. The van der Waals surface area contributed by atoms with E-state index in [0.29, 0.717) is 6.61 Å². The summed E-state index contributed by atoms with van der Waals surface area (Å²) in [5, 5.41) is 0. The third-order valence-electron chi connectivity index (χ3n) is 4.93. The van der Waals surface area contributed by atoms with Gasteiger partial charge < -0.3 is 9.64 Å². The second-order valence-corrected chi connectivity index (χ2v) is 6.17. The smallest absolute Gasteiger partial charge is 0.338 e. The van der Waals surface area contributed by atoms with E-state index >= 15 is 0 Å². The monoisotopic (exact) mass is 285 g/mol. The molecular formula is C18H23NO2. The fourth-order valence-corrected chi connectivity index (χ4v) is 3.62. The number of likely N-dealkylation sites (tertiary alicyclic amines) is 1. The van der Waals surface area contributed by atoms with Crippen LogP contribution in [0.5, 0.6) is 0 Å². The van der Waals surface area contributed by atoms with Gasteiger partial charge in [-0.05, 0) is 57.5 Å². The average Bonchev–Trinajstić information content (AvgIpc) is 2.51. The Bertz CT molecular complexity index is 568. The summed E-state index contributed by atoms with van der Waals surface area (Å²) in [6, 6.07) is 8.37. The van der Waals surface area contributed by atoms with E-state index in [-0.39, 0.29) is 11.4 Å². The number of carbonyl (C=O) groups excluding carboxylic acids is 1. The molecule has 1 saturated heterocycles. The van der Waals surface area contributed by atoms with Crippen LogP contribution in [0.3, 0.4) is 0 Å². The molecule has 0 atom stereocenters. The van der Waals surface area contributed by atoms with Gasteiger partial charge in [0, 0.05) is 5.41 Å². The number of piperidine rings is 1. The SMILES string of the molecule is CCOC(=O)C1=CCC2(CCN(C)CC2)c2ccccc21. The molecule has 3 heteroatoms. The summed E-state index contributed by atoms with van der Waals surface area (Å²) in [7, 11) is 2.18. The lowest BCUT2D eigenvalue weighted by atomic mass is 9.65. The van der Waals surface area contributed by atoms with Gasteiger partial charge in [0.15, 0.2) is 0 Å². The van der Waals surface area contributed by atoms with Crippen molar-refractivity contribution in [3.63, 3.8) is 0 Å². The van der Waals surface area contributed by atoms with Crippen LogP contribution in [0.1, 0.15) is 37.3 Å². The van der Waals surface area contributed by atoms with Crippen LogP contribution < -0.4 is 0 Å². The number of hydrogen-bond donors (Lipinski definition) is 0. The molecule has 0 N–H and O–H groups in total. The first-order chi connectivity index (χ1) is 10.2. The molecule has 0 bridgehead atoms. The Balaban J connectivity index is 1.99. The van der Waals surface area contributed by atoms with Gasteiger partial charge in [0.05, 0.1) is 12.2 Å². The van der Waals surface area contributed by atoms with Crippen molar-refractivity contribution in [3.05, 3.63) is 41.5 Å². The van der Waals surface area contributed by atoms with E-state index < -0.39 is 0 Å². The number of fused-ring (bicyclic) bond motifs is 2. The van der Waals surface area contributed by atoms with Gasteiger partial charge in [-0.3, -0.25) is 0 Å². The molecule has 21 heavy (non-hydrogen) atoms. The van der Waals surface area contributed by atoms with Crippen LogP contribution in [0.15, 0.2) is 30.3 Å². The summed E-state index contributed by atoms with van der Waals surface area (Å²) in [5.74, 6) is -0.187. The first kappa shape index (κ1) is 14.3. The van der Waals surface area contributed by atoms with Crippen molar-refractivity contribution >= 4 is 11.5 Å². The van der Waals surface area contributed by atoms with Crippen molar-refractivity contribution in [2.75, 3.05) is 26.7 Å². The van der Waals surface area contributed by atoms with Crippen molar-refractivity contribution < 1.29 is 9.53 Å². The van der Waals surface area contributed by atoms with Gasteiger partial charge in [0.1, 0.15) is 0 Å². The highest BCUT2D eigenvalue weighted by Crippen LogP contribution is 2.45. The van der Waals surface area contributed by atoms with E-state index in [1.54, 1.807) is 0 Å². The molecule has 0 unspecified atom stereocenters. The molecule has 3 rings (SSSR count). The van der Waals surface area contributed by atoms with E-state index in [2.05, 4.69) is 36.2 Å². The number of allylic oxidation sites excluding steroid dienone is 1. The van der Waals surface area contributed by atoms with Crippen LogP contribution in [0.25, 0.3) is 5.57 Å². The molecule has 0 aromatic heterocycles. The Kier molecular flexibility index (Phi) is 3.85. The predicted octanol–water partition coefficient (Wildman–Crippen LogP) is 3.00. The topological polar surface area (TPSA) is 29.5 Å². The quantitative estimate of drug-likeness (QED) is 0.782. The van der Waals surface area contributed by atoms with E-state index in [9.17, 15) is 4.79 Å². The Hall–Kier alpha value is -1.61. The lowest BCUT2D eigenvalue weighted by Crippen LogP contribution is -2.42. The zero-order valence-electron chi connectivity index (χ0n) is 12.9. The van der Waals surface area contributed by atoms with E-state index in [0.717, 1.165) is 43.5 Å². The van der Waals surface area contributed by atoms with Crippen molar-refractivity contribution in [2.24, 2.45) is 0 Å². The molecule has 0 saturated carbocycles. The van der Waals surface area contributed by atoms with Gasteiger partial charge in [-0.25, -0.2) is 4.79 Å². The lowest BCUT2D eigenvalue weighted by molar-refractivity contribution is -0.136. The van der Waals surface area contributed by atoms with Crippen molar-refractivity contribution in [3.8, 4) is 0 Å². The molecule has 1 aliphatic carbocycles. The molecule has 1 spiro atoms. The average molecular weight is 285 g/mol. The highest BCUT2D eigenvalue weighted by molar-refractivity contribution is 6.17. The number of rotatable bonds is 2. The van der Waals surface area contributed by atoms with Crippen LogP contribution in [0.4, 0.5) is 0 Å². The molecule has 1 aliphatic heterocycles. The molecular weight excluding hydrogens is 262 g/mol. The standard InChI is InChI=1S/C18H23NO2/c1-3-21-17(20)15-8-9-18(10-12-19(2)13-11-18)16-7-5-4-6-14(15)16/h4-8H,3,9-13H2,1-2H3. The van der Waals surface area contributed by atoms with Crippen LogP contribution in [-0.2, 0) is 14.9 Å². The maximum Gasteiger partial charge on any atom is 0.338 e. The number of benzene rings is 1. The van der Waals surface area contributed by atoms with Gasteiger partial charge in [-0.2, -0.15) is 0 Å². The fourth-order valence-electron chi connectivity index (χ4n) is 3.62. The zero-order valence-corrected chi connectivity index (χ0v) is 12.9. The Morgan fingerprint density at radius 1 is 1.29 bits per heavy atom. The third-order valence-corrected chi connectivity index (χ3v) is 4.93. The molecule has 1 heterocycles. The number of carbonyl (C=O) groups is 1. The van der Waals surface area contributed by atoms with Crippen LogP contribution >= 0.6 is 0 Å². The van der Waals surface area contributed by atoms with Gasteiger partial charge in [-0.15, -0.1) is 0 Å². The van der Waals surface area contributed by atoms with E-state index in [1.807, 2.05) is 13.0 Å². The minimum absolute atomic E-state index is 0.187. The van der Waals surface area contributed by atoms with Gasteiger partial charge in [-0.1, -0.05) is 30.3 Å². The molecule has 0 amide bonds. The van der Waals surface area contributed by atoms with Crippen LogP contribution in [-0.4, -0.2) is 37.6 Å². The largest absolute Gasteiger partial charge is 0.462 e. The highest BCUT2D eigenvalue weighted by atomic mass is 16.5. The number of nitrogens with zero attached hydrogens (tertiary/aromatic N) is 1. The molecule has 1 aromatic rings. The molecule has 0 radical (unpaired) electrons. The van der Waals surface area contributed by atoms with Crippen molar-refractivity contribution in [1.82, 2.24) is 4.90 Å². The van der Waals surface area contributed by atoms with Gasteiger partial charge in [0.2, 0.25) is 0 Å². The van der Waals surface area contributed by atoms with Crippen molar-refractivity contribution in [1.29, 1.82) is 0 Å². The molecule has 1 aromatic carbocycles. The Morgan fingerprint density at radius 2 is 2.00 bits per heavy atom. The summed E-state index contributed by atoms with van der Waals surface area (Å²) in [6.07, 6.45) is 5.37.